The quantitative estimate of drug-likeness (QED) is 0.425. The Labute approximate surface area is 184 Å². The lowest BCUT2D eigenvalue weighted by Crippen LogP contribution is -2.30. The van der Waals surface area contributed by atoms with Crippen LogP contribution in [0.4, 0.5) is 0 Å². The molecule has 0 aliphatic heterocycles. The second kappa shape index (κ2) is 9.23. The second-order valence-corrected chi connectivity index (χ2v) is 8.97. The van der Waals surface area contributed by atoms with E-state index in [1.165, 1.54) is 11.8 Å². The van der Waals surface area contributed by atoms with Crippen molar-refractivity contribution in [2.24, 2.45) is 0 Å². The van der Waals surface area contributed by atoms with E-state index in [1.54, 1.807) is 0 Å². The molecule has 30 heavy (non-hydrogen) atoms. The molecule has 2 aromatic carbocycles. The lowest BCUT2D eigenvalue weighted by Gasteiger charge is -2.19. The molecule has 1 unspecified atom stereocenters. The molecule has 0 radical (unpaired) electrons. The zero-order valence-corrected chi connectivity index (χ0v) is 18.4. The first-order chi connectivity index (χ1) is 14.5. The van der Waals surface area contributed by atoms with Gasteiger partial charge in [0.1, 0.15) is 0 Å². The number of hydrogen-bond acceptors (Lipinski definition) is 4. The molecule has 1 fully saturated rings. The van der Waals surface area contributed by atoms with E-state index >= 15 is 0 Å². The molecular formula is C23H24ClN3O2S. The number of para-hydroxylation sites is 1. The van der Waals surface area contributed by atoms with Crippen LogP contribution in [0, 0.1) is 0 Å². The zero-order valence-electron chi connectivity index (χ0n) is 16.8. The molecule has 1 aromatic heterocycles. The third kappa shape index (κ3) is 4.40. The number of aromatic nitrogens is 2. The minimum absolute atomic E-state index is 0.0140. The molecule has 7 heteroatoms. The van der Waals surface area contributed by atoms with Crippen molar-refractivity contribution in [3.8, 4) is 0 Å². The third-order valence-electron chi connectivity index (χ3n) is 5.55. The summed E-state index contributed by atoms with van der Waals surface area (Å²) < 4.78 is 1.81. The molecule has 1 amide bonds. The standard InChI is InChI=1S/C23H24ClN3O2S/c1-15(17-10-4-6-12-19(17)24)25-21(28)14-30-23-26-20-13-7-5-11-18(20)22(29)27(23)16-8-2-3-9-16/h4-7,10-13,15-16H,2-3,8-9,14H2,1H3,(H,25,28). The van der Waals surface area contributed by atoms with Gasteiger partial charge in [0.15, 0.2) is 5.16 Å². The van der Waals surface area contributed by atoms with Crippen LogP contribution in [-0.2, 0) is 4.79 Å². The topological polar surface area (TPSA) is 64.0 Å². The first kappa shape index (κ1) is 20.9. The SMILES string of the molecule is CC(NC(=O)CSc1nc2ccccc2c(=O)n1C1CCCC1)c1ccccc1Cl. The fourth-order valence-electron chi connectivity index (χ4n) is 4.03. The molecule has 3 aromatic rings. The summed E-state index contributed by atoms with van der Waals surface area (Å²) in [6.07, 6.45) is 4.18. The minimum atomic E-state index is -0.201. The summed E-state index contributed by atoms with van der Waals surface area (Å²) in [6, 6.07) is 14.8. The Morgan fingerprint density at radius 1 is 1.20 bits per heavy atom. The van der Waals surface area contributed by atoms with Gasteiger partial charge in [0.25, 0.3) is 5.56 Å². The maximum Gasteiger partial charge on any atom is 0.262 e. The van der Waals surface area contributed by atoms with Crippen molar-refractivity contribution in [3.05, 3.63) is 69.5 Å². The number of thioether (sulfide) groups is 1. The number of amides is 1. The summed E-state index contributed by atoms with van der Waals surface area (Å²) >= 11 is 7.56. The summed E-state index contributed by atoms with van der Waals surface area (Å²) in [4.78, 5) is 30.5. The number of rotatable bonds is 6. The molecule has 1 saturated carbocycles. The Hall–Kier alpha value is -2.31. The fraction of sp³-hybridized carbons (Fsp3) is 0.348. The average Bonchev–Trinajstić information content (AvgIpc) is 3.27. The van der Waals surface area contributed by atoms with Crippen molar-refractivity contribution in [2.45, 2.75) is 49.8 Å². The van der Waals surface area contributed by atoms with Gasteiger partial charge < -0.3 is 5.32 Å². The van der Waals surface area contributed by atoms with Crippen molar-refractivity contribution in [1.29, 1.82) is 0 Å². The van der Waals surface area contributed by atoms with Crippen LogP contribution in [0.3, 0.4) is 0 Å². The average molecular weight is 442 g/mol. The molecule has 0 saturated heterocycles. The molecule has 4 rings (SSSR count). The number of carbonyl (C=O) groups is 1. The van der Waals surface area contributed by atoms with Gasteiger partial charge in [0.05, 0.1) is 22.7 Å². The van der Waals surface area contributed by atoms with Crippen LogP contribution in [-0.4, -0.2) is 21.2 Å². The number of hydrogen-bond donors (Lipinski definition) is 1. The van der Waals surface area contributed by atoms with Gasteiger partial charge in [0.2, 0.25) is 5.91 Å². The van der Waals surface area contributed by atoms with Gasteiger partial charge in [0, 0.05) is 11.1 Å². The summed E-state index contributed by atoms with van der Waals surface area (Å²) in [7, 11) is 0. The van der Waals surface area contributed by atoms with Gasteiger partial charge >= 0.3 is 0 Å². The number of nitrogens with zero attached hydrogens (tertiary/aromatic N) is 2. The summed E-state index contributed by atoms with van der Waals surface area (Å²) in [5.41, 5.74) is 1.54. The van der Waals surface area contributed by atoms with Crippen LogP contribution in [0.2, 0.25) is 5.02 Å². The van der Waals surface area contributed by atoms with E-state index in [0.717, 1.165) is 31.2 Å². The Balaban J connectivity index is 1.54. The first-order valence-corrected chi connectivity index (χ1v) is 11.6. The van der Waals surface area contributed by atoms with Crippen LogP contribution >= 0.6 is 23.4 Å². The number of carbonyl (C=O) groups excluding carboxylic acids is 1. The fourth-order valence-corrected chi connectivity index (χ4v) is 5.21. The molecule has 0 spiro atoms. The van der Waals surface area contributed by atoms with Gasteiger partial charge in [-0.15, -0.1) is 0 Å². The molecule has 1 aliphatic rings. The predicted molar refractivity (Wildman–Crippen MR) is 122 cm³/mol. The number of benzene rings is 2. The Bertz CT molecular complexity index is 1120. The van der Waals surface area contributed by atoms with Crippen LogP contribution in [0.5, 0.6) is 0 Å². The normalized spacial score (nSPS) is 15.4. The van der Waals surface area contributed by atoms with E-state index in [9.17, 15) is 9.59 Å². The molecule has 0 bridgehead atoms. The highest BCUT2D eigenvalue weighted by Crippen LogP contribution is 2.32. The van der Waals surface area contributed by atoms with E-state index in [1.807, 2.05) is 60.0 Å². The lowest BCUT2D eigenvalue weighted by molar-refractivity contribution is -0.119. The largest absolute Gasteiger partial charge is 0.349 e. The Morgan fingerprint density at radius 2 is 1.90 bits per heavy atom. The van der Waals surface area contributed by atoms with Crippen molar-refractivity contribution >= 4 is 40.2 Å². The first-order valence-electron chi connectivity index (χ1n) is 10.2. The van der Waals surface area contributed by atoms with Crippen molar-refractivity contribution < 1.29 is 4.79 Å². The highest BCUT2D eigenvalue weighted by molar-refractivity contribution is 7.99. The maximum absolute atomic E-state index is 13.2. The zero-order chi connectivity index (χ0) is 21.1. The minimum Gasteiger partial charge on any atom is -0.349 e. The third-order valence-corrected chi connectivity index (χ3v) is 6.84. The predicted octanol–water partition coefficient (Wildman–Crippen LogP) is 5.13. The van der Waals surface area contributed by atoms with E-state index in [2.05, 4.69) is 5.32 Å². The van der Waals surface area contributed by atoms with Crippen LogP contribution in [0.25, 0.3) is 10.9 Å². The Kier molecular flexibility index (Phi) is 6.44. The summed E-state index contributed by atoms with van der Waals surface area (Å²) in [5, 5.41) is 4.86. The van der Waals surface area contributed by atoms with Crippen LogP contribution in [0.1, 0.15) is 50.3 Å². The number of nitrogens with one attached hydrogen (secondary N) is 1. The lowest BCUT2D eigenvalue weighted by atomic mass is 10.1. The molecule has 1 N–H and O–H groups in total. The van der Waals surface area contributed by atoms with Gasteiger partial charge in [-0.1, -0.05) is 66.5 Å². The second-order valence-electron chi connectivity index (χ2n) is 7.62. The van der Waals surface area contributed by atoms with Gasteiger partial charge in [-0.05, 0) is 43.5 Å². The van der Waals surface area contributed by atoms with Crippen LogP contribution in [0.15, 0.2) is 58.5 Å². The van der Waals surface area contributed by atoms with Crippen molar-refractivity contribution in [3.63, 3.8) is 0 Å². The van der Waals surface area contributed by atoms with Crippen molar-refractivity contribution in [1.82, 2.24) is 14.9 Å². The highest BCUT2D eigenvalue weighted by atomic mass is 35.5. The van der Waals surface area contributed by atoms with E-state index < -0.39 is 0 Å². The van der Waals surface area contributed by atoms with Gasteiger partial charge in [-0.25, -0.2) is 4.98 Å². The molecular weight excluding hydrogens is 418 g/mol. The number of halogens is 1. The monoisotopic (exact) mass is 441 g/mol. The number of fused-ring (bicyclic) bond motifs is 1. The van der Waals surface area contributed by atoms with E-state index in [0.29, 0.717) is 21.1 Å². The summed E-state index contributed by atoms with van der Waals surface area (Å²) in [5.74, 6) is 0.0690. The molecule has 156 valence electrons. The summed E-state index contributed by atoms with van der Waals surface area (Å²) in [6.45, 7) is 1.91. The molecule has 1 atom stereocenters. The molecule has 1 heterocycles. The highest BCUT2D eigenvalue weighted by Gasteiger charge is 2.23. The smallest absolute Gasteiger partial charge is 0.262 e. The molecule has 1 aliphatic carbocycles. The molecule has 5 nitrogen and oxygen atoms in total. The van der Waals surface area contributed by atoms with Crippen molar-refractivity contribution in [2.75, 3.05) is 5.75 Å². The van der Waals surface area contributed by atoms with Crippen LogP contribution < -0.4 is 10.9 Å². The van der Waals surface area contributed by atoms with Gasteiger partial charge in [-0.3, -0.25) is 14.2 Å². The van der Waals surface area contributed by atoms with E-state index in [4.69, 9.17) is 16.6 Å². The van der Waals surface area contributed by atoms with Gasteiger partial charge in [-0.2, -0.15) is 0 Å². The Morgan fingerprint density at radius 3 is 2.67 bits per heavy atom. The van der Waals surface area contributed by atoms with E-state index in [-0.39, 0.29) is 29.3 Å². The maximum atomic E-state index is 13.2.